The largest absolute Gasteiger partial charge is 0.496 e. The molecule has 17 heavy (non-hydrogen) atoms. The highest BCUT2D eigenvalue weighted by Crippen LogP contribution is 2.35. The van der Waals surface area contributed by atoms with Crippen molar-refractivity contribution in [2.75, 3.05) is 13.7 Å². The lowest BCUT2D eigenvalue weighted by molar-refractivity contribution is 0.0135. The van der Waals surface area contributed by atoms with Gasteiger partial charge in [-0.1, -0.05) is 19.9 Å². The lowest BCUT2D eigenvalue weighted by Gasteiger charge is -2.25. The minimum Gasteiger partial charge on any atom is -0.496 e. The van der Waals surface area contributed by atoms with Crippen LogP contribution in [0.5, 0.6) is 5.75 Å². The summed E-state index contributed by atoms with van der Waals surface area (Å²) in [5, 5.41) is 0. The number of hydrogen-bond donors (Lipinski definition) is 0. The van der Waals surface area contributed by atoms with E-state index in [1.165, 1.54) is 24.0 Å². The molecule has 1 aromatic rings. The van der Waals surface area contributed by atoms with E-state index in [1.54, 1.807) is 7.11 Å². The molecule has 0 spiro atoms. The van der Waals surface area contributed by atoms with Gasteiger partial charge in [-0.3, -0.25) is 0 Å². The van der Waals surface area contributed by atoms with Crippen LogP contribution < -0.4 is 4.74 Å². The molecule has 1 atom stereocenters. The van der Waals surface area contributed by atoms with Crippen LogP contribution in [-0.4, -0.2) is 13.7 Å². The third kappa shape index (κ3) is 2.81. The van der Waals surface area contributed by atoms with Crippen molar-refractivity contribution < 1.29 is 9.47 Å². The SMILES string of the molecule is COc1ccc(C(C)C)cc1C1CCCCO1. The van der Waals surface area contributed by atoms with Gasteiger partial charge >= 0.3 is 0 Å². The Kier molecular flexibility index (Phi) is 4.06. The van der Waals surface area contributed by atoms with E-state index in [-0.39, 0.29) is 6.10 Å². The molecule has 1 aliphatic heterocycles. The number of hydrogen-bond acceptors (Lipinski definition) is 2. The van der Waals surface area contributed by atoms with Gasteiger partial charge in [0, 0.05) is 12.2 Å². The fraction of sp³-hybridized carbons (Fsp3) is 0.600. The Morgan fingerprint density at radius 3 is 2.71 bits per heavy atom. The summed E-state index contributed by atoms with van der Waals surface area (Å²) in [6, 6.07) is 6.47. The summed E-state index contributed by atoms with van der Waals surface area (Å²) in [5.74, 6) is 1.50. The van der Waals surface area contributed by atoms with Crippen LogP contribution in [0.25, 0.3) is 0 Å². The molecular formula is C15H22O2. The zero-order chi connectivity index (χ0) is 12.3. The van der Waals surface area contributed by atoms with Crippen LogP contribution in [0.3, 0.4) is 0 Å². The molecular weight excluding hydrogens is 212 g/mol. The van der Waals surface area contributed by atoms with Crippen molar-refractivity contribution in [3.63, 3.8) is 0 Å². The van der Waals surface area contributed by atoms with Crippen molar-refractivity contribution in [3.05, 3.63) is 29.3 Å². The van der Waals surface area contributed by atoms with E-state index in [0.29, 0.717) is 5.92 Å². The van der Waals surface area contributed by atoms with Crippen LogP contribution >= 0.6 is 0 Å². The summed E-state index contributed by atoms with van der Waals surface area (Å²) in [4.78, 5) is 0. The molecule has 1 aromatic carbocycles. The van der Waals surface area contributed by atoms with Crippen molar-refractivity contribution in [1.82, 2.24) is 0 Å². The third-order valence-electron chi connectivity index (χ3n) is 3.45. The zero-order valence-corrected chi connectivity index (χ0v) is 11.0. The molecule has 0 radical (unpaired) electrons. The van der Waals surface area contributed by atoms with Gasteiger partial charge in [0.15, 0.2) is 0 Å². The zero-order valence-electron chi connectivity index (χ0n) is 11.0. The van der Waals surface area contributed by atoms with E-state index in [4.69, 9.17) is 9.47 Å². The Morgan fingerprint density at radius 2 is 2.12 bits per heavy atom. The molecule has 2 nitrogen and oxygen atoms in total. The Bertz CT molecular complexity index is 365. The number of ether oxygens (including phenoxy) is 2. The molecule has 2 rings (SSSR count). The second-order valence-corrected chi connectivity index (χ2v) is 5.01. The van der Waals surface area contributed by atoms with Crippen molar-refractivity contribution in [2.45, 2.75) is 45.1 Å². The molecule has 1 heterocycles. The van der Waals surface area contributed by atoms with E-state index in [0.717, 1.165) is 18.8 Å². The highest BCUT2D eigenvalue weighted by Gasteiger charge is 2.20. The smallest absolute Gasteiger partial charge is 0.124 e. The van der Waals surface area contributed by atoms with Crippen molar-refractivity contribution in [3.8, 4) is 5.75 Å². The molecule has 0 N–H and O–H groups in total. The molecule has 1 aliphatic rings. The molecule has 2 heteroatoms. The third-order valence-corrected chi connectivity index (χ3v) is 3.45. The first-order chi connectivity index (χ1) is 8.22. The van der Waals surface area contributed by atoms with Crippen molar-refractivity contribution in [1.29, 1.82) is 0 Å². The lowest BCUT2D eigenvalue weighted by Crippen LogP contribution is -2.13. The molecule has 1 unspecified atom stereocenters. The van der Waals surface area contributed by atoms with E-state index in [2.05, 4.69) is 32.0 Å². The van der Waals surface area contributed by atoms with Gasteiger partial charge in [0.05, 0.1) is 13.2 Å². The van der Waals surface area contributed by atoms with Gasteiger partial charge in [-0.25, -0.2) is 0 Å². The Labute approximate surface area is 104 Å². The van der Waals surface area contributed by atoms with Crippen LogP contribution in [0.15, 0.2) is 18.2 Å². The van der Waals surface area contributed by atoms with E-state index < -0.39 is 0 Å². The minimum atomic E-state index is 0.220. The maximum absolute atomic E-state index is 5.86. The second-order valence-electron chi connectivity index (χ2n) is 5.01. The molecule has 0 amide bonds. The number of methoxy groups -OCH3 is 1. The van der Waals surface area contributed by atoms with Crippen molar-refractivity contribution >= 4 is 0 Å². The summed E-state index contributed by atoms with van der Waals surface area (Å²) in [6.07, 6.45) is 3.76. The number of benzene rings is 1. The summed E-state index contributed by atoms with van der Waals surface area (Å²) in [6.45, 7) is 5.31. The monoisotopic (exact) mass is 234 g/mol. The predicted molar refractivity (Wildman–Crippen MR) is 69.6 cm³/mol. The van der Waals surface area contributed by atoms with Gasteiger partial charge < -0.3 is 9.47 Å². The van der Waals surface area contributed by atoms with Crippen LogP contribution in [0, 0.1) is 0 Å². The van der Waals surface area contributed by atoms with Crippen LogP contribution in [-0.2, 0) is 4.74 Å². The quantitative estimate of drug-likeness (QED) is 0.785. The van der Waals surface area contributed by atoms with Gasteiger partial charge in [0.1, 0.15) is 5.75 Å². The normalized spacial score (nSPS) is 20.6. The first-order valence-electron chi connectivity index (χ1n) is 6.52. The second kappa shape index (κ2) is 5.54. The van der Waals surface area contributed by atoms with E-state index in [9.17, 15) is 0 Å². The maximum Gasteiger partial charge on any atom is 0.124 e. The minimum absolute atomic E-state index is 0.220. The van der Waals surface area contributed by atoms with Crippen LogP contribution in [0.4, 0.5) is 0 Å². The Hall–Kier alpha value is -1.02. The van der Waals surface area contributed by atoms with Gasteiger partial charge in [-0.15, -0.1) is 0 Å². The van der Waals surface area contributed by atoms with E-state index >= 15 is 0 Å². The van der Waals surface area contributed by atoms with Gasteiger partial charge in [0.25, 0.3) is 0 Å². The first-order valence-corrected chi connectivity index (χ1v) is 6.52. The fourth-order valence-corrected chi connectivity index (χ4v) is 2.35. The summed E-state index contributed by atoms with van der Waals surface area (Å²) < 4.78 is 11.3. The summed E-state index contributed by atoms with van der Waals surface area (Å²) in [7, 11) is 1.73. The van der Waals surface area contributed by atoms with Crippen LogP contribution in [0.1, 0.15) is 56.3 Å². The van der Waals surface area contributed by atoms with Gasteiger partial charge in [-0.2, -0.15) is 0 Å². The van der Waals surface area contributed by atoms with Crippen molar-refractivity contribution in [2.24, 2.45) is 0 Å². The fourth-order valence-electron chi connectivity index (χ4n) is 2.35. The summed E-state index contributed by atoms with van der Waals surface area (Å²) in [5.41, 5.74) is 2.58. The van der Waals surface area contributed by atoms with Crippen LogP contribution in [0.2, 0.25) is 0 Å². The highest BCUT2D eigenvalue weighted by molar-refractivity contribution is 5.40. The Balaban J connectivity index is 2.30. The molecule has 0 aliphatic carbocycles. The topological polar surface area (TPSA) is 18.5 Å². The first kappa shape index (κ1) is 12.4. The van der Waals surface area contributed by atoms with E-state index in [1.807, 2.05) is 0 Å². The molecule has 0 bridgehead atoms. The molecule has 94 valence electrons. The molecule has 0 aromatic heterocycles. The average molecular weight is 234 g/mol. The van der Waals surface area contributed by atoms with Gasteiger partial charge in [0.2, 0.25) is 0 Å². The Morgan fingerprint density at radius 1 is 1.29 bits per heavy atom. The standard InChI is InChI=1S/C15H22O2/c1-11(2)12-7-8-14(16-3)13(10-12)15-6-4-5-9-17-15/h7-8,10-11,15H,4-6,9H2,1-3H3. The maximum atomic E-state index is 5.86. The highest BCUT2D eigenvalue weighted by atomic mass is 16.5. The molecule has 1 fully saturated rings. The lowest BCUT2D eigenvalue weighted by atomic mass is 9.95. The number of rotatable bonds is 3. The predicted octanol–water partition coefficient (Wildman–Crippen LogP) is 4.06. The van der Waals surface area contributed by atoms with Gasteiger partial charge in [-0.05, 0) is 42.9 Å². The molecule has 1 saturated heterocycles. The average Bonchev–Trinajstić information content (AvgIpc) is 2.39. The summed E-state index contributed by atoms with van der Waals surface area (Å²) >= 11 is 0. The molecule has 0 saturated carbocycles.